The van der Waals surface area contributed by atoms with E-state index in [-0.39, 0.29) is 50.0 Å². The van der Waals surface area contributed by atoms with Crippen LogP contribution in [0.15, 0.2) is 5.11 Å². The van der Waals surface area contributed by atoms with E-state index in [9.17, 15) is 0 Å². The number of rotatable bonds is 4. The van der Waals surface area contributed by atoms with Gasteiger partial charge in [-0.3, -0.25) is 0 Å². The Bertz CT molecular complexity index is 120. The quantitative estimate of drug-likeness (QED) is 0.333. The van der Waals surface area contributed by atoms with E-state index in [0.717, 1.165) is 0 Å². The van der Waals surface area contributed by atoms with Gasteiger partial charge in [0.25, 0.3) is 0 Å². The molecule has 0 saturated carbocycles. The van der Waals surface area contributed by atoms with E-state index >= 15 is 0 Å². The van der Waals surface area contributed by atoms with Crippen LogP contribution in [-0.4, -0.2) is 13.9 Å². The molecule has 0 aliphatic heterocycles. The van der Waals surface area contributed by atoms with Crippen molar-refractivity contribution in [2.24, 2.45) is 5.11 Å². The van der Waals surface area contributed by atoms with Crippen LogP contribution in [0.1, 0.15) is 6.92 Å². The zero-order valence-electron chi connectivity index (χ0n) is 6.03. The number of ether oxygens (including phenoxy) is 1. The van der Waals surface area contributed by atoms with Crippen LogP contribution in [0.4, 0.5) is 0 Å². The monoisotopic (exact) mass is 277 g/mol. The van der Waals surface area contributed by atoms with E-state index < -0.39 is 6.23 Å². The van der Waals surface area contributed by atoms with Gasteiger partial charge >= 0.3 is 0 Å². The fourth-order valence-corrected chi connectivity index (χ4v) is 0.468. The van der Waals surface area contributed by atoms with E-state index in [2.05, 4.69) is 10.0 Å². The molecule has 0 rings (SSSR count). The summed E-state index contributed by atoms with van der Waals surface area (Å²) in [5, 5.41) is 3.24. The Hall–Kier alpha value is 1.05. The normalized spacial score (nSPS) is 13.7. The fourth-order valence-electron chi connectivity index (χ4n) is 0.227. The van der Waals surface area contributed by atoms with Gasteiger partial charge in [0.15, 0.2) is 0 Å². The van der Waals surface area contributed by atoms with Gasteiger partial charge in [-0.2, -0.15) is 0 Å². The van der Waals surface area contributed by atoms with Crippen LogP contribution in [-0.2, 0) is 4.74 Å². The maximum absolute atomic E-state index is 7.87. The average Bonchev–Trinajstić information content (AvgIpc) is 1.85. The van der Waals surface area contributed by atoms with Crippen LogP contribution in [0.25, 0.3) is 10.4 Å². The first-order valence-electron chi connectivity index (χ1n) is 2.61. The van der Waals surface area contributed by atoms with Crippen LogP contribution >= 0.6 is 9.18 Å². The van der Waals surface area contributed by atoms with E-state index in [1.165, 1.54) is 0 Å². The van der Waals surface area contributed by atoms with Crippen molar-refractivity contribution in [3.8, 4) is 0 Å². The van der Waals surface area contributed by atoms with E-state index in [1.807, 2.05) is 0 Å². The van der Waals surface area contributed by atoms with Crippen molar-refractivity contribution in [1.82, 2.24) is 0 Å². The topological polar surface area (TPSA) is 58.0 Å². The van der Waals surface area contributed by atoms with Gasteiger partial charge in [-0.1, -0.05) is 5.11 Å². The Morgan fingerprint density at radius 3 is 3.22 bits per heavy atom. The Labute approximate surface area is 90.4 Å². The molecule has 0 saturated heterocycles. The van der Waals surface area contributed by atoms with Gasteiger partial charge in [0.1, 0.15) is 6.23 Å². The minimum atomic E-state index is -0.437. The van der Waals surface area contributed by atoms with Gasteiger partial charge in [0.2, 0.25) is 0 Å². The summed E-state index contributed by atoms with van der Waals surface area (Å²) in [6.07, 6.45) is -0.0898. The van der Waals surface area contributed by atoms with E-state index in [4.69, 9.17) is 11.5 Å². The van der Waals surface area contributed by atoms with Crippen molar-refractivity contribution in [1.29, 1.82) is 1.28 Å². The molecule has 0 amide bonds. The fraction of sp³-hybridized carbons (Fsp3) is 1.00. The molecule has 0 aliphatic rings. The van der Waals surface area contributed by atoms with E-state index in [0.29, 0.717) is 6.35 Å². The third-order valence-electron chi connectivity index (χ3n) is 0.539. The van der Waals surface area contributed by atoms with Crippen molar-refractivity contribution in [2.75, 3.05) is 6.35 Å². The zero-order valence-corrected chi connectivity index (χ0v) is 9.24. The molecule has 0 fully saturated rings. The third kappa shape index (κ3) is 9.05. The van der Waals surface area contributed by atoms with Crippen LogP contribution in [0, 0.1) is 40.8 Å². The first-order valence-corrected chi connectivity index (χ1v) is 2.82. The zero-order chi connectivity index (χ0) is 7.11. The summed E-state index contributed by atoms with van der Waals surface area (Å²) in [7, 11) is -0.000509. The molecule has 0 N–H and O–H groups in total. The molecule has 0 radical (unpaired) electrons. The largest absolute Gasteiger partial charge is 0.369 e. The summed E-state index contributed by atoms with van der Waals surface area (Å²) in [5.74, 6) is 0. The van der Waals surface area contributed by atoms with Crippen LogP contribution in [0.5, 0.6) is 0 Å². The van der Waals surface area contributed by atoms with Gasteiger partial charge in [-0.15, -0.1) is 9.18 Å². The number of azide groups is 1. The number of nitrogens with zero attached hydrogens (tertiary/aromatic N) is 3. The molecule has 0 aromatic rings. The molecule has 0 bridgehead atoms. The SMILES string of the molecule is [3H]PCO[C@@H](C)N=[N+]=[N-].[Nd]. The molecule has 6 heteroatoms. The predicted molar refractivity (Wildman–Crippen MR) is 34.3 cm³/mol. The summed E-state index contributed by atoms with van der Waals surface area (Å²) in [6.45, 7) is 1.64. The summed E-state index contributed by atoms with van der Waals surface area (Å²) >= 11 is 0. The Balaban J connectivity index is 0. The van der Waals surface area contributed by atoms with Crippen molar-refractivity contribution < 1.29 is 45.6 Å². The summed E-state index contributed by atoms with van der Waals surface area (Å²) in [4.78, 5) is 2.53. The molecule has 4 nitrogen and oxygen atoms in total. The number of hydrogen-bond donors (Lipinski definition) is 0. The molecule has 0 aromatic heterocycles. The van der Waals surface area contributed by atoms with Crippen molar-refractivity contribution in [3.63, 3.8) is 0 Å². The maximum atomic E-state index is 7.87. The molecule has 9 heavy (non-hydrogen) atoms. The van der Waals surface area contributed by atoms with Crippen molar-refractivity contribution in [3.05, 3.63) is 10.4 Å². The predicted octanol–water partition coefficient (Wildman–Crippen LogP) is 1.49. The summed E-state index contributed by atoms with van der Waals surface area (Å²) < 4.78 is 11.5. The maximum Gasteiger partial charge on any atom is 0.134 e. The van der Waals surface area contributed by atoms with Crippen molar-refractivity contribution in [2.45, 2.75) is 13.2 Å². The molecule has 0 aromatic carbocycles. The number of hydrogen-bond acceptors (Lipinski definition) is 2. The van der Waals surface area contributed by atoms with Gasteiger partial charge in [-0.25, -0.2) is 0 Å². The molecule has 0 heterocycles. The van der Waals surface area contributed by atoms with Gasteiger partial charge in [-0.05, 0) is 12.5 Å². The summed E-state index contributed by atoms with van der Waals surface area (Å²) in [6, 6.07) is 0. The standard InChI is InChI=1S/C3H8N3OP.Nd/c1-3(5-6-4)7-2-8;/h3H,2,8H2,1H3;/t3-;/m0./s1/i8T;/t3-,8?;. The van der Waals surface area contributed by atoms with Crippen LogP contribution < -0.4 is 0 Å². The second-order valence-corrected chi connectivity index (χ2v) is 1.40. The minimum absolute atomic E-state index is 0. The third-order valence-corrected chi connectivity index (χ3v) is 0.705. The molecule has 1 unspecified atom stereocenters. The Morgan fingerprint density at radius 2 is 2.78 bits per heavy atom. The molecule has 50 valence electrons. The molecular formula is C3H8N3NdOP. The smallest absolute Gasteiger partial charge is 0.134 e. The second kappa shape index (κ2) is 9.05. The first kappa shape index (κ1) is 10.1. The van der Waals surface area contributed by atoms with Crippen LogP contribution in [0.3, 0.4) is 0 Å². The average molecular weight is 279 g/mol. The van der Waals surface area contributed by atoms with Crippen molar-refractivity contribution >= 4 is 9.18 Å². The van der Waals surface area contributed by atoms with Gasteiger partial charge in [0, 0.05) is 45.8 Å². The van der Waals surface area contributed by atoms with E-state index in [1.54, 1.807) is 6.92 Å². The molecule has 2 atom stereocenters. The van der Waals surface area contributed by atoms with Crippen LogP contribution in [0.2, 0.25) is 0 Å². The minimum Gasteiger partial charge on any atom is -0.369 e. The second-order valence-electron chi connectivity index (χ2n) is 1.12. The van der Waals surface area contributed by atoms with Gasteiger partial charge < -0.3 is 4.74 Å². The first-order chi connectivity index (χ1) is 4.31. The Morgan fingerprint density at radius 1 is 2.11 bits per heavy atom. The summed E-state index contributed by atoms with van der Waals surface area (Å²) in [5.41, 5.74) is 7.87. The van der Waals surface area contributed by atoms with Gasteiger partial charge in [0.05, 0.1) is 7.63 Å². The Kier molecular flexibility index (Phi) is 10.1. The molecular weight excluding hydrogens is 269 g/mol. The molecule has 0 spiro atoms. The molecule has 0 aliphatic carbocycles.